The van der Waals surface area contributed by atoms with Crippen molar-refractivity contribution in [2.75, 3.05) is 13.2 Å². The molecule has 1 aromatic heterocycles. The summed E-state index contributed by atoms with van der Waals surface area (Å²) in [5.41, 5.74) is 1.61. The maximum atomic E-state index is 12.5. The Morgan fingerprint density at radius 2 is 1.89 bits per heavy atom. The summed E-state index contributed by atoms with van der Waals surface area (Å²) in [5, 5.41) is 2.81. The van der Waals surface area contributed by atoms with Crippen LogP contribution in [0, 0.1) is 13.8 Å². The SMILES string of the molecule is Cc1cc(C(=O)COC(=O)CCCN2C(=O)NC3(CCCC3)C2=O)c(C)n1C. The van der Waals surface area contributed by atoms with E-state index in [9.17, 15) is 19.2 Å². The molecule has 1 N–H and O–H groups in total. The zero-order valence-corrected chi connectivity index (χ0v) is 16.7. The summed E-state index contributed by atoms with van der Waals surface area (Å²) < 4.78 is 6.98. The molecule has 152 valence electrons. The quantitative estimate of drug-likeness (QED) is 0.437. The van der Waals surface area contributed by atoms with E-state index in [-0.39, 0.29) is 37.3 Å². The van der Waals surface area contributed by atoms with Gasteiger partial charge < -0.3 is 14.6 Å². The highest BCUT2D eigenvalue weighted by Gasteiger charge is 2.52. The average molecular weight is 389 g/mol. The Bertz CT molecular complexity index is 820. The number of amides is 3. The van der Waals surface area contributed by atoms with Crippen LogP contribution in [0.15, 0.2) is 6.07 Å². The van der Waals surface area contributed by atoms with Crippen molar-refractivity contribution >= 4 is 23.7 Å². The lowest BCUT2D eigenvalue weighted by Crippen LogP contribution is -2.44. The zero-order chi connectivity index (χ0) is 20.5. The number of carbonyl (C=O) groups excluding carboxylic acids is 4. The van der Waals surface area contributed by atoms with Crippen molar-refractivity contribution in [3.63, 3.8) is 0 Å². The van der Waals surface area contributed by atoms with Gasteiger partial charge in [0.1, 0.15) is 5.54 Å². The first-order chi connectivity index (χ1) is 13.2. The molecule has 3 rings (SSSR count). The minimum atomic E-state index is -0.727. The molecule has 1 saturated heterocycles. The van der Waals surface area contributed by atoms with Crippen molar-refractivity contribution < 1.29 is 23.9 Å². The first-order valence-electron chi connectivity index (χ1n) is 9.71. The van der Waals surface area contributed by atoms with E-state index < -0.39 is 11.5 Å². The summed E-state index contributed by atoms with van der Waals surface area (Å²) in [5.74, 6) is -0.943. The van der Waals surface area contributed by atoms with Crippen LogP contribution in [-0.4, -0.2) is 51.8 Å². The fourth-order valence-electron chi connectivity index (χ4n) is 4.01. The van der Waals surface area contributed by atoms with Crippen molar-refractivity contribution in [2.45, 2.75) is 57.9 Å². The van der Waals surface area contributed by atoms with Crippen LogP contribution in [0.5, 0.6) is 0 Å². The van der Waals surface area contributed by atoms with Crippen molar-refractivity contribution in [2.24, 2.45) is 7.05 Å². The second-order valence-electron chi connectivity index (χ2n) is 7.71. The van der Waals surface area contributed by atoms with E-state index in [2.05, 4.69) is 5.32 Å². The molecule has 3 amide bonds. The van der Waals surface area contributed by atoms with Gasteiger partial charge in [0.2, 0.25) is 5.78 Å². The van der Waals surface area contributed by atoms with Crippen LogP contribution in [0.25, 0.3) is 0 Å². The van der Waals surface area contributed by atoms with Crippen LogP contribution in [0.2, 0.25) is 0 Å². The van der Waals surface area contributed by atoms with Crippen molar-refractivity contribution in [1.82, 2.24) is 14.8 Å². The molecule has 1 aromatic rings. The fraction of sp³-hybridized carbons (Fsp3) is 0.600. The maximum absolute atomic E-state index is 12.5. The molecule has 1 spiro atoms. The molecule has 0 atom stereocenters. The van der Waals surface area contributed by atoms with Gasteiger partial charge in [-0.25, -0.2) is 4.79 Å². The zero-order valence-electron chi connectivity index (χ0n) is 16.7. The lowest BCUT2D eigenvalue weighted by molar-refractivity contribution is -0.143. The number of ether oxygens (including phenoxy) is 1. The van der Waals surface area contributed by atoms with Gasteiger partial charge in [-0.15, -0.1) is 0 Å². The van der Waals surface area contributed by atoms with E-state index in [1.807, 2.05) is 25.5 Å². The molecule has 2 heterocycles. The number of rotatable bonds is 7. The average Bonchev–Trinajstić information content (AvgIpc) is 3.30. The lowest BCUT2D eigenvalue weighted by Gasteiger charge is -2.19. The molecular weight excluding hydrogens is 362 g/mol. The van der Waals surface area contributed by atoms with Crippen LogP contribution in [0.1, 0.15) is 60.3 Å². The summed E-state index contributed by atoms with van der Waals surface area (Å²) in [4.78, 5) is 50.0. The smallest absolute Gasteiger partial charge is 0.325 e. The van der Waals surface area contributed by atoms with E-state index in [0.717, 1.165) is 24.2 Å². The predicted molar refractivity (Wildman–Crippen MR) is 101 cm³/mol. The Morgan fingerprint density at radius 1 is 1.21 bits per heavy atom. The van der Waals surface area contributed by atoms with E-state index in [1.54, 1.807) is 6.07 Å². The predicted octanol–water partition coefficient (Wildman–Crippen LogP) is 2.01. The molecule has 0 aromatic carbocycles. The summed E-state index contributed by atoms with van der Waals surface area (Å²) >= 11 is 0. The third-order valence-electron chi connectivity index (χ3n) is 5.91. The number of ketones is 1. The number of esters is 1. The molecule has 1 aliphatic heterocycles. The highest BCUT2D eigenvalue weighted by atomic mass is 16.5. The van der Waals surface area contributed by atoms with Crippen LogP contribution in [-0.2, 0) is 21.4 Å². The van der Waals surface area contributed by atoms with E-state index in [1.165, 1.54) is 4.90 Å². The van der Waals surface area contributed by atoms with Gasteiger partial charge >= 0.3 is 12.0 Å². The van der Waals surface area contributed by atoms with Gasteiger partial charge in [0.25, 0.3) is 5.91 Å². The van der Waals surface area contributed by atoms with Crippen molar-refractivity contribution in [3.05, 3.63) is 23.0 Å². The second kappa shape index (κ2) is 7.77. The van der Waals surface area contributed by atoms with Gasteiger partial charge in [-0.2, -0.15) is 0 Å². The molecule has 0 radical (unpaired) electrons. The number of aromatic nitrogens is 1. The molecule has 8 heteroatoms. The van der Waals surface area contributed by atoms with E-state index in [0.29, 0.717) is 24.8 Å². The number of nitrogens with zero attached hydrogens (tertiary/aromatic N) is 2. The largest absolute Gasteiger partial charge is 0.457 e. The Labute approximate surface area is 164 Å². The minimum Gasteiger partial charge on any atom is -0.457 e. The topological polar surface area (TPSA) is 97.7 Å². The highest BCUT2D eigenvalue weighted by molar-refractivity contribution is 6.07. The van der Waals surface area contributed by atoms with Gasteiger partial charge in [0.15, 0.2) is 6.61 Å². The summed E-state index contributed by atoms with van der Waals surface area (Å²) in [6.45, 7) is 3.61. The number of imide groups is 1. The fourth-order valence-corrected chi connectivity index (χ4v) is 4.01. The molecule has 28 heavy (non-hydrogen) atoms. The van der Waals surface area contributed by atoms with Gasteiger partial charge in [0, 0.05) is 37.0 Å². The second-order valence-corrected chi connectivity index (χ2v) is 7.71. The molecule has 2 aliphatic rings. The van der Waals surface area contributed by atoms with Gasteiger partial charge in [-0.05, 0) is 39.2 Å². The molecule has 8 nitrogen and oxygen atoms in total. The molecule has 0 bridgehead atoms. The number of hydrogen-bond donors (Lipinski definition) is 1. The third kappa shape index (κ3) is 3.68. The molecule has 2 fully saturated rings. The van der Waals surface area contributed by atoms with Crippen molar-refractivity contribution in [1.29, 1.82) is 0 Å². The molecule has 1 saturated carbocycles. The third-order valence-corrected chi connectivity index (χ3v) is 5.91. The number of nitrogens with one attached hydrogen (secondary N) is 1. The number of urea groups is 1. The Hall–Kier alpha value is -2.64. The van der Waals surface area contributed by atoms with Crippen molar-refractivity contribution in [3.8, 4) is 0 Å². The van der Waals surface area contributed by atoms with E-state index >= 15 is 0 Å². The maximum Gasteiger partial charge on any atom is 0.325 e. The normalized spacial score (nSPS) is 18.0. The lowest BCUT2D eigenvalue weighted by atomic mass is 9.98. The summed E-state index contributed by atoms with van der Waals surface area (Å²) in [6.07, 6.45) is 3.57. The van der Waals surface area contributed by atoms with Crippen LogP contribution in [0.3, 0.4) is 0 Å². The summed E-state index contributed by atoms with van der Waals surface area (Å²) in [7, 11) is 1.87. The van der Waals surface area contributed by atoms with Gasteiger partial charge in [-0.1, -0.05) is 12.8 Å². The minimum absolute atomic E-state index is 0.0458. The number of aryl methyl sites for hydroxylation is 1. The number of Topliss-reactive ketones (excluding diaryl/α,β-unsaturated/α-hetero) is 1. The standard InChI is InChI=1S/C20H27N3O5/c1-13-11-15(14(2)22(13)3)16(24)12-28-17(25)7-6-10-23-18(26)20(21-19(23)27)8-4-5-9-20/h11H,4-10,12H2,1-3H3,(H,21,27). The van der Waals surface area contributed by atoms with Gasteiger partial charge in [0.05, 0.1) is 0 Å². The molecular formula is C20H27N3O5. The molecule has 0 unspecified atom stereocenters. The van der Waals surface area contributed by atoms with Crippen LogP contribution in [0.4, 0.5) is 4.79 Å². The summed E-state index contributed by atoms with van der Waals surface area (Å²) in [6, 6.07) is 1.40. The van der Waals surface area contributed by atoms with E-state index in [4.69, 9.17) is 4.74 Å². The van der Waals surface area contributed by atoms with Gasteiger partial charge in [-0.3, -0.25) is 19.3 Å². The number of carbonyl (C=O) groups is 4. The highest BCUT2D eigenvalue weighted by Crippen LogP contribution is 2.35. The Kier molecular flexibility index (Phi) is 5.58. The first-order valence-corrected chi connectivity index (χ1v) is 9.71. The van der Waals surface area contributed by atoms with Crippen LogP contribution < -0.4 is 5.32 Å². The Balaban J connectivity index is 1.43. The number of hydrogen-bond acceptors (Lipinski definition) is 5. The molecule has 1 aliphatic carbocycles. The monoisotopic (exact) mass is 389 g/mol. The van der Waals surface area contributed by atoms with Crippen LogP contribution >= 0.6 is 0 Å². The Morgan fingerprint density at radius 3 is 2.50 bits per heavy atom. The first kappa shape index (κ1) is 20.1.